The standard InChI is InChI=1S/C10H21N3O3/c1-7(6-14)13(2)5-8-3-4-9(16-8)10(15)12-11/h7-9,14H,3-6,11H2,1-2H3,(H,12,15). The van der Waals surface area contributed by atoms with Crippen molar-refractivity contribution in [3.63, 3.8) is 0 Å². The number of aliphatic hydroxyl groups is 1. The number of nitrogens with one attached hydrogen (secondary N) is 1. The molecule has 0 bridgehead atoms. The summed E-state index contributed by atoms with van der Waals surface area (Å²) in [5.41, 5.74) is 2.10. The number of rotatable bonds is 5. The van der Waals surface area contributed by atoms with E-state index < -0.39 is 6.10 Å². The maximum Gasteiger partial charge on any atom is 0.263 e. The van der Waals surface area contributed by atoms with Gasteiger partial charge in [-0.1, -0.05) is 0 Å². The van der Waals surface area contributed by atoms with Gasteiger partial charge in [0.1, 0.15) is 6.10 Å². The maximum atomic E-state index is 11.2. The van der Waals surface area contributed by atoms with Crippen LogP contribution in [0, 0.1) is 0 Å². The minimum Gasteiger partial charge on any atom is -0.395 e. The molecule has 1 rings (SSSR count). The van der Waals surface area contributed by atoms with Gasteiger partial charge in [-0.2, -0.15) is 0 Å². The van der Waals surface area contributed by atoms with Crippen LogP contribution >= 0.6 is 0 Å². The molecule has 3 unspecified atom stereocenters. The van der Waals surface area contributed by atoms with E-state index in [1.165, 1.54) is 0 Å². The molecule has 0 spiro atoms. The quantitative estimate of drug-likeness (QED) is 0.315. The number of hydrogen-bond acceptors (Lipinski definition) is 5. The monoisotopic (exact) mass is 231 g/mol. The molecule has 1 fully saturated rings. The van der Waals surface area contributed by atoms with Gasteiger partial charge >= 0.3 is 0 Å². The molecule has 0 aromatic heterocycles. The number of ether oxygens (including phenoxy) is 1. The average Bonchev–Trinajstić information content (AvgIpc) is 2.75. The molecule has 0 radical (unpaired) electrons. The minimum atomic E-state index is -0.423. The third kappa shape index (κ3) is 3.41. The highest BCUT2D eigenvalue weighted by atomic mass is 16.5. The molecule has 6 nitrogen and oxygen atoms in total. The van der Waals surface area contributed by atoms with Crippen molar-refractivity contribution >= 4 is 5.91 Å². The Bertz CT molecular complexity index is 237. The van der Waals surface area contributed by atoms with Gasteiger partial charge < -0.3 is 9.84 Å². The first-order valence-corrected chi connectivity index (χ1v) is 5.55. The molecule has 1 aliphatic heterocycles. The van der Waals surface area contributed by atoms with Gasteiger partial charge in [-0.25, -0.2) is 5.84 Å². The van der Waals surface area contributed by atoms with E-state index in [9.17, 15) is 4.79 Å². The van der Waals surface area contributed by atoms with Crippen LogP contribution in [0.3, 0.4) is 0 Å². The first kappa shape index (κ1) is 13.4. The van der Waals surface area contributed by atoms with E-state index in [1.54, 1.807) is 0 Å². The Morgan fingerprint density at radius 3 is 2.94 bits per heavy atom. The molecule has 1 aliphatic rings. The number of aliphatic hydroxyl groups excluding tert-OH is 1. The Kier molecular flexibility index (Phi) is 5.14. The molecule has 4 N–H and O–H groups in total. The van der Waals surface area contributed by atoms with E-state index in [4.69, 9.17) is 15.7 Å². The van der Waals surface area contributed by atoms with Crippen molar-refractivity contribution in [3.05, 3.63) is 0 Å². The maximum absolute atomic E-state index is 11.2. The second-order valence-electron chi connectivity index (χ2n) is 4.30. The van der Waals surface area contributed by atoms with Gasteiger partial charge in [0.2, 0.25) is 0 Å². The summed E-state index contributed by atoms with van der Waals surface area (Å²) in [6, 6.07) is 0.103. The fraction of sp³-hybridized carbons (Fsp3) is 0.900. The van der Waals surface area contributed by atoms with Crippen molar-refractivity contribution in [1.82, 2.24) is 10.3 Å². The minimum absolute atomic E-state index is 0.0429. The van der Waals surface area contributed by atoms with E-state index in [-0.39, 0.29) is 24.7 Å². The number of nitrogens with two attached hydrogens (primary N) is 1. The van der Waals surface area contributed by atoms with Crippen LogP contribution in [0.15, 0.2) is 0 Å². The Morgan fingerprint density at radius 2 is 2.38 bits per heavy atom. The molecule has 0 aromatic carbocycles. The summed E-state index contributed by atoms with van der Waals surface area (Å²) in [5.74, 6) is 4.78. The highest BCUT2D eigenvalue weighted by molar-refractivity contribution is 5.80. The number of likely N-dealkylation sites (N-methyl/N-ethyl adjacent to an activating group) is 1. The highest BCUT2D eigenvalue weighted by Crippen LogP contribution is 2.20. The highest BCUT2D eigenvalue weighted by Gasteiger charge is 2.31. The summed E-state index contributed by atoms with van der Waals surface area (Å²) in [7, 11) is 1.93. The molecule has 16 heavy (non-hydrogen) atoms. The first-order valence-electron chi connectivity index (χ1n) is 5.55. The summed E-state index contributed by atoms with van der Waals surface area (Å²) in [5, 5.41) is 8.99. The predicted molar refractivity (Wildman–Crippen MR) is 59.4 cm³/mol. The number of hydrazine groups is 1. The lowest BCUT2D eigenvalue weighted by Gasteiger charge is -2.25. The summed E-state index contributed by atoms with van der Waals surface area (Å²) in [6.07, 6.45) is 1.17. The number of carbonyl (C=O) groups excluding carboxylic acids is 1. The van der Waals surface area contributed by atoms with Crippen LogP contribution in [-0.4, -0.2) is 54.4 Å². The number of carbonyl (C=O) groups is 1. The second-order valence-corrected chi connectivity index (χ2v) is 4.30. The zero-order valence-corrected chi connectivity index (χ0v) is 9.85. The summed E-state index contributed by atoms with van der Waals surface area (Å²) < 4.78 is 5.56. The Hall–Kier alpha value is -0.690. The molecule has 94 valence electrons. The van der Waals surface area contributed by atoms with E-state index in [0.717, 1.165) is 13.0 Å². The topological polar surface area (TPSA) is 87.8 Å². The van der Waals surface area contributed by atoms with Crippen molar-refractivity contribution in [2.45, 2.75) is 38.0 Å². The van der Waals surface area contributed by atoms with Crippen LogP contribution in [0.5, 0.6) is 0 Å². The molecule has 6 heteroatoms. The lowest BCUT2D eigenvalue weighted by molar-refractivity contribution is -0.132. The number of amides is 1. The van der Waals surface area contributed by atoms with Gasteiger partial charge in [-0.3, -0.25) is 15.1 Å². The van der Waals surface area contributed by atoms with Crippen molar-refractivity contribution in [3.8, 4) is 0 Å². The third-order valence-electron chi connectivity index (χ3n) is 3.05. The van der Waals surface area contributed by atoms with Gasteiger partial charge in [0, 0.05) is 12.6 Å². The largest absolute Gasteiger partial charge is 0.395 e. The molecule has 0 saturated carbocycles. The van der Waals surface area contributed by atoms with E-state index in [0.29, 0.717) is 6.42 Å². The lowest BCUT2D eigenvalue weighted by Crippen LogP contribution is -2.41. The number of nitrogens with zero attached hydrogens (tertiary/aromatic N) is 1. The van der Waals surface area contributed by atoms with Gasteiger partial charge in [-0.05, 0) is 26.8 Å². The van der Waals surface area contributed by atoms with Crippen molar-refractivity contribution in [2.75, 3.05) is 20.2 Å². The molecular weight excluding hydrogens is 210 g/mol. The number of hydrogen-bond donors (Lipinski definition) is 3. The van der Waals surface area contributed by atoms with Gasteiger partial charge in [0.15, 0.2) is 0 Å². The summed E-state index contributed by atoms with van der Waals surface area (Å²) in [4.78, 5) is 13.2. The fourth-order valence-electron chi connectivity index (χ4n) is 1.77. The van der Waals surface area contributed by atoms with E-state index >= 15 is 0 Å². The van der Waals surface area contributed by atoms with Crippen LogP contribution in [-0.2, 0) is 9.53 Å². The zero-order valence-electron chi connectivity index (χ0n) is 9.85. The summed E-state index contributed by atoms with van der Waals surface area (Å²) in [6.45, 7) is 2.78. The molecule has 1 heterocycles. The molecule has 1 saturated heterocycles. The molecule has 0 aromatic rings. The average molecular weight is 231 g/mol. The first-order chi connectivity index (χ1) is 7.58. The zero-order chi connectivity index (χ0) is 12.1. The van der Waals surface area contributed by atoms with Crippen LogP contribution in [0.25, 0.3) is 0 Å². The van der Waals surface area contributed by atoms with E-state index in [2.05, 4.69) is 5.43 Å². The van der Waals surface area contributed by atoms with Crippen LogP contribution < -0.4 is 11.3 Å². The second kappa shape index (κ2) is 6.15. The van der Waals surface area contributed by atoms with E-state index in [1.807, 2.05) is 18.9 Å². The predicted octanol–water partition coefficient (Wildman–Crippen LogP) is -1.16. The van der Waals surface area contributed by atoms with Gasteiger partial charge in [0.25, 0.3) is 5.91 Å². The van der Waals surface area contributed by atoms with Crippen molar-refractivity contribution < 1.29 is 14.6 Å². The Labute approximate surface area is 95.7 Å². The van der Waals surface area contributed by atoms with Crippen molar-refractivity contribution in [1.29, 1.82) is 0 Å². The molecule has 1 amide bonds. The smallest absolute Gasteiger partial charge is 0.263 e. The fourth-order valence-corrected chi connectivity index (χ4v) is 1.77. The van der Waals surface area contributed by atoms with Crippen LogP contribution in [0.2, 0.25) is 0 Å². The van der Waals surface area contributed by atoms with Crippen LogP contribution in [0.4, 0.5) is 0 Å². The molecule has 0 aliphatic carbocycles. The lowest BCUT2D eigenvalue weighted by atomic mass is 10.1. The SMILES string of the molecule is CC(CO)N(C)CC1CCC(C(=O)NN)O1. The normalized spacial score (nSPS) is 27.1. The summed E-state index contributed by atoms with van der Waals surface area (Å²) >= 11 is 0. The molecular formula is C10H21N3O3. The van der Waals surface area contributed by atoms with Gasteiger partial charge in [0.05, 0.1) is 12.7 Å². The van der Waals surface area contributed by atoms with Crippen molar-refractivity contribution in [2.24, 2.45) is 5.84 Å². The molecule has 3 atom stereocenters. The third-order valence-corrected chi connectivity index (χ3v) is 3.05. The Balaban J connectivity index is 2.33. The Morgan fingerprint density at radius 1 is 1.69 bits per heavy atom. The van der Waals surface area contributed by atoms with Gasteiger partial charge in [-0.15, -0.1) is 0 Å². The van der Waals surface area contributed by atoms with Crippen LogP contribution in [0.1, 0.15) is 19.8 Å².